The maximum atomic E-state index is 10.9. The fourth-order valence-corrected chi connectivity index (χ4v) is 1.44. The number of aryl methyl sites for hydroxylation is 1. The maximum absolute atomic E-state index is 10.9. The third kappa shape index (κ3) is 3.24. The van der Waals surface area contributed by atoms with E-state index in [-0.39, 0.29) is 24.3 Å². The number of carbonyl (C=O) groups is 1. The van der Waals surface area contributed by atoms with Gasteiger partial charge in [0.25, 0.3) is 0 Å². The van der Waals surface area contributed by atoms with Crippen molar-refractivity contribution >= 4 is 5.97 Å². The summed E-state index contributed by atoms with van der Waals surface area (Å²) in [6.45, 7) is 3.92. The number of phenolic OH excluding ortho intramolecular Hbond substituents is 1. The molecular formula is C12H17NO3. The molecule has 0 aliphatic rings. The number of hydrogen-bond acceptors (Lipinski definition) is 4. The monoisotopic (exact) mass is 223 g/mol. The predicted octanol–water partition coefficient (Wildman–Crippen LogP) is 1.52. The molecule has 0 aliphatic carbocycles. The van der Waals surface area contributed by atoms with Gasteiger partial charge in [0.1, 0.15) is 5.75 Å². The number of nitrogens with one attached hydrogen (secondary N) is 1. The summed E-state index contributed by atoms with van der Waals surface area (Å²) >= 11 is 0. The van der Waals surface area contributed by atoms with Crippen molar-refractivity contribution in [1.82, 2.24) is 5.32 Å². The van der Waals surface area contributed by atoms with Crippen LogP contribution in [0.5, 0.6) is 5.75 Å². The van der Waals surface area contributed by atoms with E-state index in [4.69, 9.17) is 0 Å². The Morgan fingerprint density at radius 2 is 2.25 bits per heavy atom. The first-order valence-electron chi connectivity index (χ1n) is 5.14. The van der Waals surface area contributed by atoms with Crippen molar-refractivity contribution in [3.05, 3.63) is 29.3 Å². The van der Waals surface area contributed by atoms with Crippen molar-refractivity contribution in [2.75, 3.05) is 13.7 Å². The van der Waals surface area contributed by atoms with Crippen molar-refractivity contribution in [2.45, 2.75) is 19.9 Å². The number of hydrogen-bond donors (Lipinski definition) is 2. The van der Waals surface area contributed by atoms with E-state index in [2.05, 4.69) is 10.1 Å². The van der Waals surface area contributed by atoms with Crippen LogP contribution in [-0.4, -0.2) is 24.7 Å². The summed E-state index contributed by atoms with van der Waals surface area (Å²) in [6, 6.07) is 5.37. The first-order chi connectivity index (χ1) is 7.54. The molecule has 0 bridgehead atoms. The van der Waals surface area contributed by atoms with Gasteiger partial charge in [-0.3, -0.25) is 4.79 Å². The lowest BCUT2D eigenvalue weighted by Gasteiger charge is -2.15. The van der Waals surface area contributed by atoms with E-state index in [1.54, 1.807) is 6.07 Å². The van der Waals surface area contributed by atoms with Crippen molar-refractivity contribution in [2.24, 2.45) is 0 Å². The van der Waals surface area contributed by atoms with Gasteiger partial charge in [-0.25, -0.2) is 0 Å². The molecule has 4 nitrogen and oxygen atoms in total. The Hall–Kier alpha value is -1.55. The highest BCUT2D eigenvalue weighted by atomic mass is 16.5. The Morgan fingerprint density at radius 1 is 1.56 bits per heavy atom. The van der Waals surface area contributed by atoms with E-state index < -0.39 is 0 Å². The molecule has 4 heteroatoms. The van der Waals surface area contributed by atoms with Crippen LogP contribution in [0.2, 0.25) is 0 Å². The normalized spacial score (nSPS) is 12.2. The first kappa shape index (κ1) is 12.5. The van der Waals surface area contributed by atoms with Crippen LogP contribution in [0.25, 0.3) is 0 Å². The van der Waals surface area contributed by atoms with Crippen LogP contribution in [0.1, 0.15) is 24.1 Å². The second kappa shape index (κ2) is 5.51. The van der Waals surface area contributed by atoms with E-state index in [0.29, 0.717) is 0 Å². The Labute approximate surface area is 95.2 Å². The number of benzene rings is 1. The number of methoxy groups -OCH3 is 1. The Bertz CT molecular complexity index is 377. The summed E-state index contributed by atoms with van der Waals surface area (Å²) in [6.07, 6.45) is 0. The molecule has 0 aromatic heterocycles. The molecule has 1 aromatic carbocycles. The quantitative estimate of drug-likeness (QED) is 0.760. The number of rotatable bonds is 4. The first-order valence-corrected chi connectivity index (χ1v) is 5.14. The molecule has 1 rings (SSSR count). The predicted molar refractivity (Wildman–Crippen MR) is 61.3 cm³/mol. The Morgan fingerprint density at radius 3 is 2.81 bits per heavy atom. The van der Waals surface area contributed by atoms with Crippen molar-refractivity contribution in [3.63, 3.8) is 0 Å². The highest BCUT2D eigenvalue weighted by molar-refractivity contribution is 5.71. The van der Waals surface area contributed by atoms with Gasteiger partial charge in [-0.2, -0.15) is 0 Å². The van der Waals surface area contributed by atoms with Gasteiger partial charge in [-0.15, -0.1) is 0 Å². The summed E-state index contributed by atoms with van der Waals surface area (Å²) in [4.78, 5) is 10.9. The molecule has 88 valence electrons. The van der Waals surface area contributed by atoms with Gasteiger partial charge >= 0.3 is 5.97 Å². The van der Waals surface area contributed by atoms with Gasteiger partial charge < -0.3 is 15.2 Å². The average molecular weight is 223 g/mol. The van der Waals surface area contributed by atoms with Crippen LogP contribution in [0.3, 0.4) is 0 Å². The molecule has 0 fully saturated rings. The minimum absolute atomic E-state index is 0.0975. The zero-order chi connectivity index (χ0) is 12.1. The van der Waals surface area contributed by atoms with Crippen LogP contribution in [-0.2, 0) is 9.53 Å². The summed E-state index contributed by atoms with van der Waals surface area (Å²) in [5, 5.41) is 12.7. The number of phenols is 1. The smallest absolute Gasteiger partial charge is 0.319 e. The molecule has 0 amide bonds. The lowest BCUT2D eigenvalue weighted by Crippen LogP contribution is -2.26. The van der Waals surface area contributed by atoms with Gasteiger partial charge in [-0.1, -0.05) is 12.1 Å². The minimum atomic E-state index is -0.321. The van der Waals surface area contributed by atoms with Crippen molar-refractivity contribution < 1.29 is 14.6 Å². The molecule has 0 aliphatic heterocycles. The van der Waals surface area contributed by atoms with Crippen LogP contribution in [0.15, 0.2) is 18.2 Å². The molecule has 1 unspecified atom stereocenters. The zero-order valence-corrected chi connectivity index (χ0v) is 9.78. The van der Waals surface area contributed by atoms with Crippen LogP contribution < -0.4 is 5.32 Å². The standard InChI is InChI=1S/C12H17NO3/c1-8-4-5-10(11(14)6-8)9(2)13-7-12(15)16-3/h4-6,9,13-14H,7H2,1-3H3. The van der Waals surface area contributed by atoms with Crippen molar-refractivity contribution in [1.29, 1.82) is 0 Å². The highest BCUT2D eigenvalue weighted by Crippen LogP contribution is 2.24. The van der Waals surface area contributed by atoms with Crippen molar-refractivity contribution in [3.8, 4) is 5.75 Å². The molecule has 1 aromatic rings. The summed E-state index contributed by atoms with van der Waals surface area (Å²) in [7, 11) is 1.35. The molecule has 16 heavy (non-hydrogen) atoms. The Balaban J connectivity index is 2.65. The van der Waals surface area contributed by atoms with E-state index >= 15 is 0 Å². The maximum Gasteiger partial charge on any atom is 0.319 e. The molecule has 0 radical (unpaired) electrons. The van der Waals surface area contributed by atoms with E-state index in [0.717, 1.165) is 11.1 Å². The lowest BCUT2D eigenvalue weighted by molar-refractivity contribution is -0.139. The summed E-state index contributed by atoms with van der Waals surface area (Å²) in [5.74, 6) is -0.0803. The van der Waals surface area contributed by atoms with Gasteiger partial charge in [-0.05, 0) is 25.5 Å². The lowest BCUT2D eigenvalue weighted by atomic mass is 10.1. The molecule has 2 N–H and O–H groups in total. The van der Waals surface area contributed by atoms with E-state index in [9.17, 15) is 9.90 Å². The van der Waals surface area contributed by atoms with Gasteiger partial charge in [0.2, 0.25) is 0 Å². The highest BCUT2D eigenvalue weighted by Gasteiger charge is 2.11. The number of carbonyl (C=O) groups excluding carboxylic acids is 1. The average Bonchev–Trinajstić information content (AvgIpc) is 2.25. The zero-order valence-electron chi connectivity index (χ0n) is 9.78. The largest absolute Gasteiger partial charge is 0.508 e. The topological polar surface area (TPSA) is 58.6 Å². The van der Waals surface area contributed by atoms with Crippen LogP contribution in [0.4, 0.5) is 0 Å². The third-order valence-corrected chi connectivity index (χ3v) is 2.43. The van der Waals surface area contributed by atoms with Gasteiger partial charge in [0, 0.05) is 11.6 Å². The molecule has 0 spiro atoms. The minimum Gasteiger partial charge on any atom is -0.508 e. The fourth-order valence-electron chi connectivity index (χ4n) is 1.44. The number of esters is 1. The molecule has 0 heterocycles. The Kier molecular flexibility index (Phi) is 4.31. The molecule has 0 saturated heterocycles. The summed E-state index contributed by atoms with van der Waals surface area (Å²) in [5.41, 5.74) is 1.77. The molecule has 1 atom stereocenters. The van der Waals surface area contributed by atoms with E-state index in [1.165, 1.54) is 7.11 Å². The van der Waals surface area contributed by atoms with Gasteiger partial charge in [0.15, 0.2) is 0 Å². The third-order valence-electron chi connectivity index (χ3n) is 2.43. The van der Waals surface area contributed by atoms with Crippen LogP contribution >= 0.6 is 0 Å². The SMILES string of the molecule is COC(=O)CNC(C)c1ccc(C)cc1O. The molecular weight excluding hydrogens is 206 g/mol. The van der Waals surface area contributed by atoms with E-state index in [1.807, 2.05) is 26.0 Å². The van der Waals surface area contributed by atoms with Crippen LogP contribution in [0, 0.1) is 6.92 Å². The number of ether oxygens (including phenoxy) is 1. The second-order valence-electron chi connectivity index (χ2n) is 3.74. The summed E-state index contributed by atoms with van der Waals surface area (Å²) < 4.78 is 4.52. The van der Waals surface area contributed by atoms with Gasteiger partial charge in [0.05, 0.1) is 13.7 Å². The molecule has 0 saturated carbocycles. The number of aromatic hydroxyl groups is 1. The fraction of sp³-hybridized carbons (Fsp3) is 0.417. The second-order valence-corrected chi connectivity index (χ2v) is 3.74.